The molecular weight excluding hydrogens is 146 g/mol. The smallest absolute Gasteiger partial charge is 0.305 e. The minimum Gasteiger partial charge on any atom is -0.432 e. The minimum atomic E-state index is -0.760. The monoisotopic (exact) mass is 159 g/mol. The Morgan fingerprint density at radius 1 is 1.73 bits per heavy atom. The molecule has 4 heteroatoms. The quantitative estimate of drug-likeness (QED) is 0.542. The topological polar surface area (TPSA) is 47.6 Å². The van der Waals surface area contributed by atoms with E-state index in [-0.39, 0.29) is 5.97 Å². The lowest BCUT2D eigenvalue weighted by Gasteiger charge is -2.33. The van der Waals surface area contributed by atoms with Crippen molar-refractivity contribution in [2.45, 2.75) is 19.6 Å². The van der Waals surface area contributed by atoms with Crippen LogP contribution in [0.5, 0.6) is 0 Å². The SMILES string of the molecule is CC(=O)OC1(C)CNCCO1. The molecule has 1 unspecified atom stereocenters. The van der Waals surface area contributed by atoms with Crippen LogP contribution >= 0.6 is 0 Å². The maximum Gasteiger partial charge on any atom is 0.305 e. The van der Waals surface area contributed by atoms with Gasteiger partial charge in [0, 0.05) is 20.4 Å². The molecule has 0 amide bonds. The summed E-state index contributed by atoms with van der Waals surface area (Å²) in [7, 11) is 0. The maximum absolute atomic E-state index is 10.6. The Morgan fingerprint density at radius 2 is 2.45 bits per heavy atom. The van der Waals surface area contributed by atoms with E-state index in [0.29, 0.717) is 13.2 Å². The van der Waals surface area contributed by atoms with Crippen LogP contribution in [0.1, 0.15) is 13.8 Å². The number of hydrogen-bond donors (Lipinski definition) is 1. The fourth-order valence-electron chi connectivity index (χ4n) is 1.08. The second-order valence-electron chi connectivity index (χ2n) is 2.75. The molecule has 1 atom stereocenters. The van der Waals surface area contributed by atoms with Gasteiger partial charge in [0.05, 0.1) is 13.2 Å². The Hall–Kier alpha value is -0.610. The van der Waals surface area contributed by atoms with Crippen molar-refractivity contribution in [2.75, 3.05) is 19.7 Å². The van der Waals surface area contributed by atoms with Crippen molar-refractivity contribution in [3.63, 3.8) is 0 Å². The third kappa shape index (κ3) is 2.48. The molecular formula is C7H13NO3. The van der Waals surface area contributed by atoms with Gasteiger partial charge in [0.25, 0.3) is 0 Å². The molecule has 0 saturated carbocycles. The fourth-order valence-corrected chi connectivity index (χ4v) is 1.08. The molecule has 1 aliphatic heterocycles. The van der Waals surface area contributed by atoms with Crippen LogP contribution in [0.15, 0.2) is 0 Å². The van der Waals surface area contributed by atoms with Crippen LogP contribution in [-0.2, 0) is 14.3 Å². The van der Waals surface area contributed by atoms with Crippen molar-refractivity contribution >= 4 is 5.97 Å². The Bertz CT molecular complexity index is 152. The third-order valence-electron chi connectivity index (χ3n) is 1.49. The summed E-state index contributed by atoms with van der Waals surface area (Å²) in [5.74, 6) is -1.07. The molecule has 1 fully saturated rings. The van der Waals surface area contributed by atoms with Gasteiger partial charge in [-0.2, -0.15) is 0 Å². The van der Waals surface area contributed by atoms with Crippen LogP contribution < -0.4 is 5.32 Å². The number of morpholine rings is 1. The van der Waals surface area contributed by atoms with Crippen LogP contribution in [0.4, 0.5) is 0 Å². The van der Waals surface area contributed by atoms with Gasteiger partial charge in [-0.3, -0.25) is 4.79 Å². The van der Waals surface area contributed by atoms with Gasteiger partial charge in [0.2, 0.25) is 5.79 Å². The van der Waals surface area contributed by atoms with Crippen molar-refractivity contribution in [1.29, 1.82) is 0 Å². The number of rotatable bonds is 1. The predicted molar refractivity (Wildman–Crippen MR) is 39.0 cm³/mol. The van der Waals surface area contributed by atoms with Gasteiger partial charge < -0.3 is 14.8 Å². The van der Waals surface area contributed by atoms with Crippen molar-refractivity contribution < 1.29 is 14.3 Å². The first-order chi connectivity index (χ1) is 5.12. The van der Waals surface area contributed by atoms with Crippen LogP contribution in [0.2, 0.25) is 0 Å². The van der Waals surface area contributed by atoms with Crippen molar-refractivity contribution in [2.24, 2.45) is 0 Å². The summed E-state index contributed by atoms with van der Waals surface area (Å²) in [6.07, 6.45) is 0. The first-order valence-electron chi connectivity index (χ1n) is 3.67. The Labute approximate surface area is 65.9 Å². The fraction of sp³-hybridized carbons (Fsp3) is 0.857. The Kier molecular flexibility index (Phi) is 2.46. The summed E-state index contributed by atoms with van der Waals surface area (Å²) in [4.78, 5) is 10.6. The van der Waals surface area contributed by atoms with Gasteiger partial charge in [-0.1, -0.05) is 0 Å². The molecule has 0 bridgehead atoms. The maximum atomic E-state index is 10.6. The van der Waals surface area contributed by atoms with Gasteiger partial charge in [-0.15, -0.1) is 0 Å². The highest BCUT2D eigenvalue weighted by molar-refractivity contribution is 5.66. The highest BCUT2D eigenvalue weighted by Crippen LogP contribution is 2.13. The van der Waals surface area contributed by atoms with Gasteiger partial charge >= 0.3 is 5.97 Å². The molecule has 64 valence electrons. The number of hydrogen-bond acceptors (Lipinski definition) is 4. The van der Waals surface area contributed by atoms with Gasteiger partial charge in [0.15, 0.2) is 0 Å². The lowest BCUT2D eigenvalue weighted by atomic mass is 10.3. The van der Waals surface area contributed by atoms with Crippen molar-refractivity contribution in [3.8, 4) is 0 Å². The number of carbonyl (C=O) groups is 1. The largest absolute Gasteiger partial charge is 0.432 e. The average Bonchev–Trinajstić information content (AvgIpc) is 1.85. The standard InChI is InChI=1S/C7H13NO3/c1-6(9)11-7(2)5-8-3-4-10-7/h8H,3-5H2,1-2H3. The van der Waals surface area contributed by atoms with Gasteiger partial charge in [-0.05, 0) is 0 Å². The zero-order valence-electron chi connectivity index (χ0n) is 6.85. The highest BCUT2D eigenvalue weighted by Gasteiger charge is 2.30. The molecule has 1 rings (SSSR count). The Morgan fingerprint density at radius 3 is 2.91 bits per heavy atom. The first kappa shape index (κ1) is 8.49. The van der Waals surface area contributed by atoms with Crippen LogP contribution in [0, 0.1) is 0 Å². The molecule has 4 nitrogen and oxygen atoms in total. The van der Waals surface area contributed by atoms with Crippen molar-refractivity contribution in [3.05, 3.63) is 0 Å². The van der Waals surface area contributed by atoms with E-state index < -0.39 is 5.79 Å². The molecule has 0 aromatic heterocycles. The third-order valence-corrected chi connectivity index (χ3v) is 1.49. The van der Waals surface area contributed by atoms with E-state index in [9.17, 15) is 4.79 Å². The summed E-state index contributed by atoms with van der Waals surface area (Å²) in [5, 5.41) is 3.08. The number of esters is 1. The van der Waals surface area contributed by atoms with Crippen LogP contribution in [-0.4, -0.2) is 31.5 Å². The zero-order valence-corrected chi connectivity index (χ0v) is 6.85. The lowest BCUT2D eigenvalue weighted by Crippen LogP contribution is -2.50. The Balaban J connectivity index is 2.43. The molecule has 1 N–H and O–H groups in total. The molecule has 0 radical (unpaired) electrons. The molecule has 0 aromatic carbocycles. The molecule has 0 spiro atoms. The molecule has 11 heavy (non-hydrogen) atoms. The normalized spacial score (nSPS) is 31.5. The summed E-state index contributed by atoms with van der Waals surface area (Å²) in [6, 6.07) is 0. The second-order valence-corrected chi connectivity index (χ2v) is 2.75. The van der Waals surface area contributed by atoms with Gasteiger partial charge in [0.1, 0.15) is 0 Å². The van der Waals surface area contributed by atoms with Crippen LogP contribution in [0.25, 0.3) is 0 Å². The van der Waals surface area contributed by atoms with E-state index >= 15 is 0 Å². The van der Waals surface area contributed by atoms with E-state index in [1.807, 2.05) is 0 Å². The summed E-state index contributed by atoms with van der Waals surface area (Å²) in [6.45, 7) is 5.09. The van der Waals surface area contributed by atoms with Gasteiger partial charge in [-0.25, -0.2) is 0 Å². The summed E-state index contributed by atoms with van der Waals surface area (Å²) < 4.78 is 10.2. The lowest BCUT2D eigenvalue weighted by molar-refractivity contribution is -0.228. The van der Waals surface area contributed by atoms with E-state index in [2.05, 4.69) is 5.32 Å². The van der Waals surface area contributed by atoms with E-state index in [1.54, 1.807) is 6.92 Å². The molecule has 0 aliphatic carbocycles. The van der Waals surface area contributed by atoms with E-state index in [1.165, 1.54) is 6.92 Å². The molecule has 1 saturated heterocycles. The predicted octanol–water partition coefficient (Wildman–Crippen LogP) is -0.115. The van der Waals surface area contributed by atoms with E-state index in [0.717, 1.165) is 6.54 Å². The molecule has 1 heterocycles. The minimum absolute atomic E-state index is 0.309. The summed E-state index contributed by atoms with van der Waals surface area (Å²) in [5.41, 5.74) is 0. The first-order valence-corrected chi connectivity index (χ1v) is 3.67. The number of ether oxygens (including phenoxy) is 2. The molecule has 1 aliphatic rings. The van der Waals surface area contributed by atoms with Crippen molar-refractivity contribution in [1.82, 2.24) is 5.32 Å². The second kappa shape index (κ2) is 3.19. The van der Waals surface area contributed by atoms with Crippen LogP contribution in [0.3, 0.4) is 0 Å². The van der Waals surface area contributed by atoms with E-state index in [4.69, 9.17) is 9.47 Å². The number of nitrogens with one attached hydrogen (secondary N) is 1. The highest BCUT2D eigenvalue weighted by atomic mass is 16.7. The zero-order chi connectivity index (χ0) is 8.32. The number of carbonyl (C=O) groups excluding carboxylic acids is 1. The summed E-state index contributed by atoms with van der Waals surface area (Å²) >= 11 is 0. The average molecular weight is 159 g/mol. The molecule has 0 aromatic rings.